The molecule has 0 fully saturated rings. The van der Waals surface area contributed by atoms with Gasteiger partial charge >= 0.3 is 0 Å². The number of nitrogens with one attached hydrogen (secondary N) is 1. The molecule has 2 aromatic heterocycles. The second-order valence-electron chi connectivity index (χ2n) is 3.85. The van der Waals surface area contributed by atoms with E-state index < -0.39 is 0 Å². The molecule has 0 atom stereocenters. The predicted octanol–water partition coefficient (Wildman–Crippen LogP) is 3.11. The van der Waals surface area contributed by atoms with Gasteiger partial charge in [0.25, 0.3) is 0 Å². The van der Waals surface area contributed by atoms with Crippen molar-refractivity contribution < 1.29 is 4.74 Å². The van der Waals surface area contributed by atoms with Crippen molar-refractivity contribution in [2.45, 2.75) is 6.92 Å². The number of hydrogen-bond acceptors (Lipinski definition) is 4. The predicted molar refractivity (Wildman–Crippen MR) is 67.9 cm³/mol. The summed E-state index contributed by atoms with van der Waals surface area (Å²) in [6.45, 7) is 1.99. The van der Waals surface area contributed by atoms with Crippen molar-refractivity contribution >= 4 is 22.6 Å². The van der Waals surface area contributed by atoms with Crippen LogP contribution in [0.2, 0.25) is 5.28 Å². The number of aromatic nitrogens is 4. The Morgan fingerprint density at radius 3 is 3.00 bits per heavy atom. The summed E-state index contributed by atoms with van der Waals surface area (Å²) in [6.07, 6.45) is 1.61. The van der Waals surface area contributed by atoms with Crippen molar-refractivity contribution in [3.8, 4) is 11.6 Å². The fraction of sp³-hybridized carbons (Fsp3) is 0.0833. The summed E-state index contributed by atoms with van der Waals surface area (Å²) in [4.78, 5) is 8.08. The summed E-state index contributed by atoms with van der Waals surface area (Å²) in [6, 6.07) is 7.68. The lowest BCUT2D eigenvalue weighted by Gasteiger charge is -2.06. The van der Waals surface area contributed by atoms with Gasteiger partial charge in [-0.2, -0.15) is 15.1 Å². The number of ether oxygens (including phenoxy) is 1. The molecule has 0 aliphatic rings. The Hall–Kier alpha value is -2.14. The summed E-state index contributed by atoms with van der Waals surface area (Å²) in [5, 5.41) is 7.44. The minimum Gasteiger partial charge on any atom is -0.438 e. The second-order valence-corrected chi connectivity index (χ2v) is 4.19. The molecule has 0 unspecified atom stereocenters. The summed E-state index contributed by atoms with van der Waals surface area (Å²) < 4.78 is 5.72. The molecule has 3 rings (SSSR count). The van der Waals surface area contributed by atoms with Gasteiger partial charge in [-0.15, -0.1) is 0 Å². The average Bonchev–Trinajstić information content (AvgIpc) is 2.77. The molecule has 0 aliphatic heterocycles. The molecule has 6 heteroatoms. The van der Waals surface area contributed by atoms with Crippen LogP contribution in [0.4, 0.5) is 0 Å². The molecular formula is C12H9ClN4O. The van der Waals surface area contributed by atoms with Crippen LogP contribution in [-0.4, -0.2) is 20.2 Å². The number of halogens is 1. The number of rotatable bonds is 2. The first kappa shape index (κ1) is 11.0. The number of nitrogens with zero attached hydrogens (tertiary/aromatic N) is 3. The van der Waals surface area contributed by atoms with Gasteiger partial charge in [-0.05, 0) is 36.2 Å². The summed E-state index contributed by atoms with van der Waals surface area (Å²) in [5.41, 5.74) is 1.66. The molecule has 0 saturated carbocycles. The van der Waals surface area contributed by atoms with Gasteiger partial charge in [0, 0.05) is 0 Å². The average molecular weight is 261 g/mol. The molecule has 3 aromatic rings. The second kappa shape index (κ2) is 4.27. The Bertz CT molecular complexity index is 710. The quantitative estimate of drug-likeness (QED) is 0.719. The topological polar surface area (TPSA) is 63.7 Å². The smallest absolute Gasteiger partial charge is 0.234 e. The van der Waals surface area contributed by atoms with Crippen LogP contribution >= 0.6 is 11.6 Å². The number of hydrogen-bond donors (Lipinski definition) is 1. The van der Waals surface area contributed by atoms with Crippen LogP contribution in [0.25, 0.3) is 11.0 Å². The molecular weight excluding hydrogens is 252 g/mol. The fourth-order valence-electron chi connectivity index (χ4n) is 1.65. The number of aromatic amines is 1. The highest BCUT2D eigenvalue weighted by atomic mass is 35.5. The Kier molecular flexibility index (Phi) is 2.60. The van der Waals surface area contributed by atoms with Crippen LogP contribution in [0.1, 0.15) is 5.56 Å². The first-order chi connectivity index (χ1) is 8.72. The molecule has 18 heavy (non-hydrogen) atoms. The highest BCUT2D eigenvalue weighted by molar-refractivity contribution is 6.28. The number of fused-ring (bicyclic) bond motifs is 1. The van der Waals surface area contributed by atoms with Crippen molar-refractivity contribution in [2.75, 3.05) is 0 Å². The van der Waals surface area contributed by atoms with E-state index in [0.717, 1.165) is 5.56 Å². The Balaban J connectivity index is 2.06. The summed E-state index contributed by atoms with van der Waals surface area (Å²) in [5.74, 6) is 1.09. The molecule has 0 radical (unpaired) electrons. The lowest BCUT2D eigenvalue weighted by Crippen LogP contribution is -1.92. The van der Waals surface area contributed by atoms with Gasteiger partial charge in [-0.1, -0.05) is 12.1 Å². The molecule has 1 N–H and O–H groups in total. The molecule has 0 bridgehead atoms. The maximum atomic E-state index is 5.83. The van der Waals surface area contributed by atoms with Gasteiger partial charge in [-0.25, -0.2) is 0 Å². The normalized spacial score (nSPS) is 10.8. The van der Waals surface area contributed by atoms with Crippen molar-refractivity contribution in [2.24, 2.45) is 0 Å². The summed E-state index contributed by atoms with van der Waals surface area (Å²) in [7, 11) is 0. The lowest BCUT2D eigenvalue weighted by atomic mass is 10.2. The number of H-pyrrole nitrogens is 1. The SMILES string of the molecule is Cc1cccc(Oc2nc(Cl)nc3[nH]ncc23)c1. The molecule has 0 saturated heterocycles. The van der Waals surface area contributed by atoms with Gasteiger partial charge in [0.15, 0.2) is 5.65 Å². The van der Waals surface area contributed by atoms with E-state index in [0.29, 0.717) is 22.7 Å². The Labute approximate surface area is 108 Å². The molecule has 90 valence electrons. The third kappa shape index (κ3) is 2.00. The highest BCUT2D eigenvalue weighted by Gasteiger charge is 2.10. The Morgan fingerprint density at radius 1 is 1.28 bits per heavy atom. The first-order valence-electron chi connectivity index (χ1n) is 5.33. The first-order valence-corrected chi connectivity index (χ1v) is 5.71. The Morgan fingerprint density at radius 2 is 2.17 bits per heavy atom. The van der Waals surface area contributed by atoms with Gasteiger partial charge in [-0.3, -0.25) is 5.10 Å². The van der Waals surface area contributed by atoms with Crippen LogP contribution < -0.4 is 4.74 Å². The molecule has 0 spiro atoms. The number of benzene rings is 1. The molecule has 2 heterocycles. The van der Waals surface area contributed by atoms with E-state index in [9.17, 15) is 0 Å². The van der Waals surface area contributed by atoms with Crippen LogP contribution in [0.15, 0.2) is 30.5 Å². The maximum absolute atomic E-state index is 5.83. The number of aryl methyl sites for hydroxylation is 1. The van der Waals surface area contributed by atoms with E-state index in [1.54, 1.807) is 6.20 Å². The monoisotopic (exact) mass is 260 g/mol. The van der Waals surface area contributed by atoms with Crippen LogP contribution in [0.3, 0.4) is 0 Å². The fourth-order valence-corrected chi connectivity index (χ4v) is 1.81. The van der Waals surface area contributed by atoms with E-state index in [4.69, 9.17) is 16.3 Å². The van der Waals surface area contributed by atoms with Gasteiger partial charge in [0.05, 0.1) is 6.20 Å². The standard InChI is InChI=1S/C12H9ClN4O/c1-7-3-2-4-8(5-7)18-11-9-6-14-17-10(9)15-12(13)16-11/h2-6H,1H3,(H,14,15,16,17). The third-order valence-electron chi connectivity index (χ3n) is 2.45. The zero-order valence-electron chi connectivity index (χ0n) is 9.51. The maximum Gasteiger partial charge on any atom is 0.234 e. The molecule has 0 aliphatic carbocycles. The zero-order valence-corrected chi connectivity index (χ0v) is 10.3. The molecule has 5 nitrogen and oxygen atoms in total. The van der Waals surface area contributed by atoms with Crippen molar-refractivity contribution in [1.29, 1.82) is 0 Å². The largest absolute Gasteiger partial charge is 0.438 e. The van der Waals surface area contributed by atoms with E-state index in [-0.39, 0.29) is 5.28 Å². The van der Waals surface area contributed by atoms with Gasteiger partial charge in [0.2, 0.25) is 11.2 Å². The highest BCUT2D eigenvalue weighted by Crippen LogP contribution is 2.27. The minimum atomic E-state index is 0.120. The van der Waals surface area contributed by atoms with E-state index >= 15 is 0 Å². The van der Waals surface area contributed by atoms with Crippen LogP contribution in [0, 0.1) is 6.92 Å². The molecule has 1 aromatic carbocycles. The van der Waals surface area contributed by atoms with Gasteiger partial charge < -0.3 is 4.74 Å². The van der Waals surface area contributed by atoms with Crippen molar-refractivity contribution in [3.63, 3.8) is 0 Å². The summed E-state index contributed by atoms with van der Waals surface area (Å²) >= 11 is 5.83. The molecule has 0 amide bonds. The minimum absolute atomic E-state index is 0.120. The zero-order chi connectivity index (χ0) is 12.5. The van der Waals surface area contributed by atoms with Crippen LogP contribution in [-0.2, 0) is 0 Å². The van der Waals surface area contributed by atoms with Crippen LogP contribution in [0.5, 0.6) is 11.6 Å². The van der Waals surface area contributed by atoms with Gasteiger partial charge in [0.1, 0.15) is 11.1 Å². The van der Waals surface area contributed by atoms with Crippen molar-refractivity contribution in [3.05, 3.63) is 41.3 Å². The van der Waals surface area contributed by atoms with E-state index in [2.05, 4.69) is 20.2 Å². The lowest BCUT2D eigenvalue weighted by molar-refractivity contribution is 0.468. The van der Waals surface area contributed by atoms with Crippen molar-refractivity contribution in [1.82, 2.24) is 20.2 Å². The third-order valence-corrected chi connectivity index (χ3v) is 2.62. The van der Waals surface area contributed by atoms with E-state index in [1.807, 2.05) is 31.2 Å². The van der Waals surface area contributed by atoms with E-state index in [1.165, 1.54) is 0 Å².